The van der Waals surface area contributed by atoms with Gasteiger partial charge in [0.05, 0.1) is 18.6 Å². The summed E-state index contributed by atoms with van der Waals surface area (Å²) < 4.78 is 18.4. The fourth-order valence-electron chi connectivity index (χ4n) is 3.31. The molecule has 0 saturated heterocycles. The molecule has 0 bridgehead atoms. The summed E-state index contributed by atoms with van der Waals surface area (Å²) in [6, 6.07) is 2.93. The summed E-state index contributed by atoms with van der Waals surface area (Å²) in [7, 11) is 1.39. The van der Waals surface area contributed by atoms with Crippen LogP contribution in [0, 0.1) is 18.7 Å². The van der Waals surface area contributed by atoms with Crippen molar-refractivity contribution in [3.05, 3.63) is 29.1 Å². The van der Waals surface area contributed by atoms with E-state index in [1.54, 1.807) is 13.0 Å². The first-order chi connectivity index (χ1) is 10.4. The molecule has 1 amide bonds. The summed E-state index contributed by atoms with van der Waals surface area (Å²) in [5, 5.41) is 6.28. The molecule has 1 fully saturated rings. The van der Waals surface area contributed by atoms with Gasteiger partial charge >= 0.3 is 5.97 Å². The molecule has 6 heteroatoms. The van der Waals surface area contributed by atoms with Crippen LogP contribution < -0.4 is 10.6 Å². The zero-order chi connectivity index (χ0) is 15.9. The highest BCUT2D eigenvalue weighted by molar-refractivity contribution is 6.02. The normalized spacial score (nSPS) is 26.9. The van der Waals surface area contributed by atoms with Gasteiger partial charge in [-0.1, -0.05) is 0 Å². The molecule has 118 valence electrons. The van der Waals surface area contributed by atoms with Gasteiger partial charge < -0.3 is 15.4 Å². The van der Waals surface area contributed by atoms with Crippen molar-refractivity contribution in [3.63, 3.8) is 0 Å². The highest BCUT2D eigenvalue weighted by Crippen LogP contribution is 2.37. The average Bonchev–Trinajstić information content (AvgIpc) is 2.49. The lowest BCUT2D eigenvalue weighted by atomic mass is 9.80. The third-order valence-corrected chi connectivity index (χ3v) is 4.64. The van der Waals surface area contributed by atoms with Crippen LogP contribution in [0.15, 0.2) is 12.1 Å². The average molecular weight is 306 g/mol. The van der Waals surface area contributed by atoms with E-state index in [2.05, 4.69) is 10.6 Å². The van der Waals surface area contributed by atoms with Gasteiger partial charge in [-0.15, -0.1) is 0 Å². The van der Waals surface area contributed by atoms with E-state index >= 15 is 0 Å². The lowest BCUT2D eigenvalue weighted by Crippen LogP contribution is -2.59. The standard InChI is InChI=1S/C16H19FN2O3/c1-9-7-13-11(8-12(9)17)14(20)19-16(18-13)5-3-10(4-6-16)15(21)22-2/h7-8,10,18H,3-6H2,1-2H3,(H,19,20). The maximum absolute atomic E-state index is 13.6. The Morgan fingerprint density at radius 3 is 2.64 bits per heavy atom. The van der Waals surface area contributed by atoms with Crippen LogP contribution in [0.2, 0.25) is 0 Å². The van der Waals surface area contributed by atoms with Crippen molar-refractivity contribution in [3.8, 4) is 0 Å². The number of anilines is 1. The Kier molecular flexibility index (Phi) is 3.54. The van der Waals surface area contributed by atoms with Crippen molar-refractivity contribution in [2.75, 3.05) is 12.4 Å². The molecular weight excluding hydrogens is 287 g/mol. The lowest BCUT2D eigenvalue weighted by Gasteiger charge is -2.44. The van der Waals surface area contributed by atoms with E-state index < -0.39 is 5.66 Å². The van der Waals surface area contributed by atoms with Crippen LogP contribution >= 0.6 is 0 Å². The third-order valence-electron chi connectivity index (χ3n) is 4.64. The molecule has 22 heavy (non-hydrogen) atoms. The number of carbonyl (C=O) groups excluding carboxylic acids is 2. The van der Waals surface area contributed by atoms with Gasteiger partial charge in [-0.05, 0) is 50.3 Å². The molecule has 1 aliphatic heterocycles. The number of aryl methyl sites for hydroxylation is 1. The number of hydrogen-bond donors (Lipinski definition) is 2. The Bertz CT molecular complexity index is 637. The Balaban J connectivity index is 1.82. The second-order valence-corrected chi connectivity index (χ2v) is 6.11. The summed E-state index contributed by atoms with van der Waals surface area (Å²) in [5.41, 5.74) is 0.918. The summed E-state index contributed by atoms with van der Waals surface area (Å²) in [4.78, 5) is 23.9. The Morgan fingerprint density at radius 1 is 1.32 bits per heavy atom. The molecule has 1 saturated carbocycles. The predicted molar refractivity (Wildman–Crippen MR) is 78.9 cm³/mol. The van der Waals surface area contributed by atoms with Crippen molar-refractivity contribution in [1.29, 1.82) is 0 Å². The minimum absolute atomic E-state index is 0.120. The van der Waals surface area contributed by atoms with Gasteiger partial charge in [0.2, 0.25) is 0 Å². The second kappa shape index (κ2) is 5.26. The maximum atomic E-state index is 13.6. The van der Waals surface area contributed by atoms with E-state index in [1.165, 1.54) is 13.2 Å². The summed E-state index contributed by atoms with van der Waals surface area (Å²) >= 11 is 0. The molecule has 0 atom stereocenters. The highest BCUT2D eigenvalue weighted by Gasteiger charge is 2.42. The zero-order valence-electron chi connectivity index (χ0n) is 12.7. The first kappa shape index (κ1) is 14.8. The Hall–Kier alpha value is -2.11. The van der Waals surface area contributed by atoms with E-state index in [1.807, 2.05) is 0 Å². The molecule has 1 heterocycles. The summed E-state index contributed by atoms with van der Waals surface area (Å²) in [5.74, 6) is -0.980. The largest absolute Gasteiger partial charge is 0.469 e. The van der Waals surface area contributed by atoms with Gasteiger partial charge in [-0.25, -0.2) is 4.39 Å². The van der Waals surface area contributed by atoms with Gasteiger partial charge in [0, 0.05) is 5.69 Å². The van der Waals surface area contributed by atoms with E-state index in [0.29, 0.717) is 42.5 Å². The third kappa shape index (κ3) is 2.42. The van der Waals surface area contributed by atoms with Gasteiger partial charge in [0.25, 0.3) is 5.91 Å². The topological polar surface area (TPSA) is 67.4 Å². The van der Waals surface area contributed by atoms with Gasteiger partial charge in [0.1, 0.15) is 11.5 Å². The maximum Gasteiger partial charge on any atom is 0.308 e. The number of ether oxygens (including phenoxy) is 1. The number of hydrogen-bond acceptors (Lipinski definition) is 4. The zero-order valence-corrected chi connectivity index (χ0v) is 12.7. The van der Waals surface area contributed by atoms with Crippen molar-refractivity contribution < 1.29 is 18.7 Å². The fraction of sp³-hybridized carbons (Fsp3) is 0.500. The summed E-state index contributed by atoms with van der Waals surface area (Å²) in [6.07, 6.45) is 2.56. The number of fused-ring (bicyclic) bond motifs is 1. The van der Waals surface area contributed by atoms with E-state index in [0.717, 1.165) is 0 Å². The molecule has 1 aromatic carbocycles. The molecule has 1 spiro atoms. The SMILES string of the molecule is COC(=O)C1CCC2(CC1)NC(=O)c1cc(F)c(C)cc1N2. The van der Waals surface area contributed by atoms with E-state index in [-0.39, 0.29) is 23.6 Å². The predicted octanol–water partition coefficient (Wildman–Crippen LogP) is 2.35. The van der Waals surface area contributed by atoms with Gasteiger partial charge in [0.15, 0.2) is 0 Å². The van der Waals surface area contributed by atoms with Crippen molar-refractivity contribution in [1.82, 2.24) is 5.32 Å². The molecule has 1 aliphatic carbocycles. The second-order valence-electron chi connectivity index (χ2n) is 6.11. The molecule has 2 N–H and O–H groups in total. The Labute approximate surface area is 128 Å². The van der Waals surface area contributed by atoms with Gasteiger partial charge in [-0.2, -0.15) is 0 Å². The monoisotopic (exact) mass is 306 g/mol. The van der Waals surface area contributed by atoms with Crippen LogP contribution in [0.1, 0.15) is 41.6 Å². The molecule has 3 rings (SSSR count). The minimum atomic E-state index is -0.557. The van der Waals surface area contributed by atoms with Crippen molar-refractivity contribution >= 4 is 17.6 Å². The fourth-order valence-corrected chi connectivity index (χ4v) is 3.31. The van der Waals surface area contributed by atoms with Crippen LogP contribution in [0.25, 0.3) is 0 Å². The van der Waals surface area contributed by atoms with Crippen LogP contribution in [-0.4, -0.2) is 24.6 Å². The first-order valence-corrected chi connectivity index (χ1v) is 7.43. The van der Waals surface area contributed by atoms with Crippen LogP contribution in [0.3, 0.4) is 0 Å². The summed E-state index contributed by atoms with van der Waals surface area (Å²) in [6.45, 7) is 1.67. The van der Waals surface area contributed by atoms with Crippen molar-refractivity contribution in [2.24, 2.45) is 5.92 Å². The van der Waals surface area contributed by atoms with E-state index in [9.17, 15) is 14.0 Å². The minimum Gasteiger partial charge on any atom is -0.469 e. The molecular formula is C16H19FN2O3. The molecule has 0 aromatic heterocycles. The number of nitrogens with one attached hydrogen (secondary N) is 2. The highest BCUT2D eigenvalue weighted by atomic mass is 19.1. The van der Waals surface area contributed by atoms with Crippen molar-refractivity contribution in [2.45, 2.75) is 38.3 Å². The number of carbonyl (C=O) groups is 2. The molecule has 0 unspecified atom stereocenters. The molecule has 5 nitrogen and oxygen atoms in total. The number of halogens is 1. The van der Waals surface area contributed by atoms with Crippen LogP contribution in [0.5, 0.6) is 0 Å². The van der Waals surface area contributed by atoms with E-state index in [4.69, 9.17) is 4.74 Å². The quantitative estimate of drug-likeness (QED) is 0.782. The van der Waals surface area contributed by atoms with Crippen LogP contribution in [-0.2, 0) is 9.53 Å². The smallest absolute Gasteiger partial charge is 0.308 e. The number of rotatable bonds is 1. The number of benzene rings is 1. The van der Waals surface area contributed by atoms with Gasteiger partial charge in [-0.3, -0.25) is 9.59 Å². The lowest BCUT2D eigenvalue weighted by molar-refractivity contribution is -0.146. The number of esters is 1. The first-order valence-electron chi connectivity index (χ1n) is 7.43. The number of methoxy groups -OCH3 is 1. The molecule has 0 radical (unpaired) electrons. The number of amides is 1. The molecule has 1 aromatic rings. The molecule has 2 aliphatic rings. The van der Waals surface area contributed by atoms with Crippen LogP contribution in [0.4, 0.5) is 10.1 Å². The Morgan fingerprint density at radius 2 is 2.00 bits per heavy atom.